The molecule has 3 rings (SSSR count). The van der Waals surface area contributed by atoms with Crippen molar-refractivity contribution in [2.24, 2.45) is 0 Å². The summed E-state index contributed by atoms with van der Waals surface area (Å²) in [4.78, 5) is 13.5. The number of fused-ring (bicyclic) bond motifs is 1. The van der Waals surface area contributed by atoms with Crippen molar-refractivity contribution in [2.45, 2.75) is 19.3 Å². The number of carbonyl (C=O) groups excluding carboxylic acids is 1. The van der Waals surface area contributed by atoms with Crippen LogP contribution in [0.2, 0.25) is 0 Å². The highest BCUT2D eigenvalue weighted by Gasteiger charge is 2.18. The molecular formula is C17H17NO. The largest absolute Gasteiger partial charge is 0.341 e. The number of para-hydroxylation sites is 2. The number of benzene rings is 2. The number of carbonyl (C=O) groups is 1. The van der Waals surface area contributed by atoms with Crippen LogP contribution in [-0.2, 0) is 6.42 Å². The van der Waals surface area contributed by atoms with Gasteiger partial charge >= 0.3 is 0 Å². The van der Waals surface area contributed by atoms with Crippen LogP contribution < -0.4 is 4.90 Å². The van der Waals surface area contributed by atoms with Crippen LogP contribution in [0, 0.1) is 0 Å². The number of hydrogen-bond acceptors (Lipinski definition) is 2. The SMILES string of the molecule is O=Cc1ccccc1N1CCCCc2ccccc21. The number of aldehydes is 1. The zero-order valence-corrected chi connectivity index (χ0v) is 10.9. The summed E-state index contributed by atoms with van der Waals surface area (Å²) in [5.74, 6) is 0. The third-order valence-corrected chi connectivity index (χ3v) is 3.71. The molecule has 0 atom stereocenters. The zero-order valence-electron chi connectivity index (χ0n) is 10.9. The van der Waals surface area contributed by atoms with Gasteiger partial charge in [-0.25, -0.2) is 0 Å². The summed E-state index contributed by atoms with van der Waals surface area (Å²) >= 11 is 0. The highest BCUT2D eigenvalue weighted by molar-refractivity contribution is 5.87. The summed E-state index contributed by atoms with van der Waals surface area (Å²) in [6.45, 7) is 0.974. The predicted octanol–water partition coefficient (Wildman–Crippen LogP) is 3.97. The lowest BCUT2D eigenvalue weighted by Gasteiger charge is -2.26. The average Bonchev–Trinajstić information content (AvgIpc) is 2.69. The Balaban J connectivity index is 2.12. The summed E-state index contributed by atoms with van der Waals surface area (Å²) in [5.41, 5.74) is 4.40. The van der Waals surface area contributed by atoms with Crippen molar-refractivity contribution in [1.82, 2.24) is 0 Å². The van der Waals surface area contributed by atoms with Gasteiger partial charge in [0.2, 0.25) is 0 Å². The minimum absolute atomic E-state index is 0.763. The van der Waals surface area contributed by atoms with Crippen LogP contribution in [0.4, 0.5) is 11.4 Å². The summed E-state index contributed by atoms with van der Waals surface area (Å²) in [5, 5.41) is 0. The van der Waals surface area contributed by atoms with Gasteiger partial charge in [0.15, 0.2) is 6.29 Å². The Kier molecular flexibility index (Phi) is 3.32. The molecule has 1 aliphatic heterocycles. The monoisotopic (exact) mass is 251 g/mol. The molecule has 2 aromatic carbocycles. The van der Waals surface area contributed by atoms with Crippen molar-refractivity contribution in [3.05, 3.63) is 59.7 Å². The summed E-state index contributed by atoms with van der Waals surface area (Å²) < 4.78 is 0. The van der Waals surface area contributed by atoms with Crippen molar-refractivity contribution in [3.63, 3.8) is 0 Å². The third kappa shape index (κ3) is 2.26. The van der Waals surface area contributed by atoms with Gasteiger partial charge in [0.1, 0.15) is 0 Å². The first-order valence-electron chi connectivity index (χ1n) is 6.80. The summed E-state index contributed by atoms with van der Waals surface area (Å²) in [6, 6.07) is 16.3. The van der Waals surface area contributed by atoms with Gasteiger partial charge in [-0.2, -0.15) is 0 Å². The molecule has 0 fully saturated rings. The zero-order chi connectivity index (χ0) is 13.1. The lowest BCUT2D eigenvalue weighted by atomic mass is 10.1. The summed E-state index contributed by atoms with van der Waals surface area (Å²) in [7, 11) is 0. The van der Waals surface area contributed by atoms with Crippen molar-refractivity contribution < 1.29 is 4.79 Å². The van der Waals surface area contributed by atoms with Crippen LogP contribution in [0.5, 0.6) is 0 Å². The van der Waals surface area contributed by atoms with E-state index in [2.05, 4.69) is 29.2 Å². The number of aryl methyl sites for hydroxylation is 1. The van der Waals surface area contributed by atoms with Gasteiger partial charge in [-0.05, 0) is 43.0 Å². The van der Waals surface area contributed by atoms with E-state index >= 15 is 0 Å². The van der Waals surface area contributed by atoms with Crippen LogP contribution in [0.3, 0.4) is 0 Å². The van der Waals surface area contributed by atoms with E-state index in [4.69, 9.17) is 0 Å². The van der Waals surface area contributed by atoms with Gasteiger partial charge in [0, 0.05) is 17.8 Å². The Labute approximate surface area is 113 Å². The predicted molar refractivity (Wildman–Crippen MR) is 78.2 cm³/mol. The lowest BCUT2D eigenvalue weighted by Crippen LogP contribution is -2.19. The lowest BCUT2D eigenvalue weighted by molar-refractivity contribution is 0.112. The smallest absolute Gasteiger partial charge is 0.152 e. The molecule has 1 heterocycles. The molecule has 0 unspecified atom stereocenters. The van der Waals surface area contributed by atoms with Crippen molar-refractivity contribution in [2.75, 3.05) is 11.4 Å². The topological polar surface area (TPSA) is 20.3 Å². The Bertz CT molecular complexity index is 591. The van der Waals surface area contributed by atoms with E-state index in [1.807, 2.05) is 24.3 Å². The second-order valence-corrected chi connectivity index (χ2v) is 4.91. The van der Waals surface area contributed by atoms with Gasteiger partial charge in [0.05, 0.1) is 5.69 Å². The molecule has 0 bridgehead atoms. The van der Waals surface area contributed by atoms with E-state index in [0.29, 0.717) is 0 Å². The average molecular weight is 251 g/mol. The Morgan fingerprint density at radius 1 is 0.895 bits per heavy atom. The summed E-state index contributed by atoms with van der Waals surface area (Å²) in [6.07, 6.45) is 4.43. The molecule has 0 aliphatic carbocycles. The molecular weight excluding hydrogens is 234 g/mol. The van der Waals surface area contributed by atoms with Gasteiger partial charge < -0.3 is 4.90 Å². The first kappa shape index (κ1) is 12.0. The van der Waals surface area contributed by atoms with Gasteiger partial charge in [-0.3, -0.25) is 4.79 Å². The van der Waals surface area contributed by atoms with Crippen LogP contribution in [0.25, 0.3) is 0 Å². The highest BCUT2D eigenvalue weighted by atomic mass is 16.1. The van der Waals surface area contributed by atoms with Crippen molar-refractivity contribution in [3.8, 4) is 0 Å². The van der Waals surface area contributed by atoms with E-state index in [-0.39, 0.29) is 0 Å². The van der Waals surface area contributed by atoms with Gasteiger partial charge in [-0.15, -0.1) is 0 Å². The number of nitrogens with zero attached hydrogens (tertiary/aromatic N) is 1. The molecule has 0 aromatic heterocycles. The first-order valence-corrected chi connectivity index (χ1v) is 6.80. The van der Waals surface area contributed by atoms with Gasteiger partial charge in [0.25, 0.3) is 0 Å². The Morgan fingerprint density at radius 3 is 2.47 bits per heavy atom. The number of anilines is 2. The molecule has 0 spiro atoms. The Morgan fingerprint density at radius 2 is 1.63 bits per heavy atom. The van der Waals surface area contributed by atoms with Crippen LogP contribution in [0.1, 0.15) is 28.8 Å². The van der Waals surface area contributed by atoms with E-state index in [0.717, 1.165) is 36.9 Å². The minimum atomic E-state index is 0.763. The van der Waals surface area contributed by atoms with E-state index in [1.54, 1.807) is 0 Å². The molecule has 1 aliphatic rings. The molecule has 19 heavy (non-hydrogen) atoms. The van der Waals surface area contributed by atoms with E-state index in [9.17, 15) is 4.79 Å². The fraction of sp³-hybridized carbons (Fsp3) is 0.235. The molecule has 0 saturated carbocycles. The number of rotatable bonds is 2. The second kappa shape index (κ2) is 5.27. The van der Waals surface area contributed by atoms with Gasteiger partial charge in [-0.1, -0.05) is 30.3 Å². The fourth-order valence-corrected chi connectivity index (χ4v) is 2.77. The van der Waals surface area contributed by atoms with Crippen molar-refractivity contribution >= 4 is 17.7 Å². The molecule has 0 amide bonds. The maximum atomic E-state index is 11.2. The number of hydrogen-bond donors (Lipinski definition) is 0. The molecule has 96 valence electrons. The van der Waals surface area contributed by atoms with Crippen molar-refractivity contribution in [1.29, 1.82) is 0 Å². The molecule has 2 aromatic rings. The molecule has 0 radical (unpaired) electrons. The van der Waals surface area contributed by atoms with E-state index in [1.165, 1.54) is 17.7 Å². The standard InChI is InChI=1S/C17H17NO/c19-13-15-9-2-4-11-17(15)18-12-6-5-8-14-7-1-3-10-16(14)18/h1-4,7,9-11,13H,5-6,8,12H2. The fourth-order valence-electron chi connectivity index (χ4n) is 2.77. The third-order valence-electron chi connectivity index (χ3n) is 3.71. The van der Waals surface area contributed by atoms with Crippen LogP contribution >= 0.6 is 0 Å². The maximum absolute atomic E-state index is 11.2. The van der Waals surface area contributed by atoms with Crippen LogP contribution in [-0.4, -0.2) is 12.8 Å². The highest BCUT2D eigenvalue weighted by Crippen LogP contribution is 2.33. The molecule has 0 saturated heterocycles. The van der Waals surface area contributed by atoms with Crippen LogP contribution in [0.15, 0.2) is 48.5 Å². The molecule has 0 N–H and O–H groups in total. The maximum Gasteiger partial charge on any atom is 0.152 e. The first-order chi connectivity index (χ1) is 9.40. The Hall–Kier alpha value is -2.09. The minimum Gasteiger partial charge on any atom is -0.341 e. The second-order valence-electron chi connectivity index (χ2n) is 4.91. The molecule has 2 heteroatoms. The quantitative estimate of drug-likeness (QED) is 0.753. The molecule has 2 nitrogen and oxygen atoms in total. The van der Waals surface area contributed by atoms with E-state index < -0.39 is 0 Å². The normalized spacial score (nSPS) is 14.6.